The van der Waals surface area contributed by atoms with E-state index in [0.717, 1.165) is 6.08 Å². The lowest BCUT2D eigenvalue weighted by molar-refractivity contribution is -0.158. The molecule has 0 saturated carbocycles. The Morgan fingerprint density at radius 1 is 1.06 bits per heavy atom. The quantitative estimate of drug-likeness (QED) is 0.352. The monoisotopic (exact) mass is 485 g/mol. The Morgan fingerprint density at radius 3 is 2.10 bits per heavy atom. The molecule has 0 radical (unpaired) electrons. The molecule has 2 rings (SSSR count). The minimum Gasteiger partial charge on any atom is -0.380 e. The topological polar surface area (TPSA) is 38.3 Å². The minimum atomic E-state index is -4.68. The van der Waals surface area contributed by atoms with Gasteiger partial charge in [-0.2, -0.15) is 31.8 Å². The number of nitrogens with one attached hydrogen (secondary N) is 1. The molecule has 0 fully saturated rings. The SMILES string of the molecule is Cc1c(Cl)cc(C(/C=C/c2ccc(ONC(=O)CC(F)(F)F)cc2)C(F)(F)F)cc1Cl. The number of carbonyl (C=O) groups is 1. The van der Waals surface area contributed by atoms with Crippen LogP contribution < -0.4 is 10.3 Å². The molecule has 1 unspecified atom stereocenters. The molecular weight excluding hydrogens is 471 g/mol. The van der Waals surface area contributed by atoms with E-state index >= 15 is 0 Å². The Morgan fingerprint density at radius 2 is 1.61 bits per heavy atom. The van der Waals surface area contributed by atoms with E-state index in [1.54, 1.807) is 12.4 Å². The molecule has 1 amide bonds. The molecule has 0 spiro atoms. The van der Waals surface area contributed by atoms with Gasteiger partial charge >= 0.3 is 12.4 Å². The molecule has 0 heterocycles. The van der Waals surface area contributed by atoms with Crippen molar-refractivity contribution < 1.29 is 36.0 Å². The second-order valence-corrected chi connectivity index (χ2v) is 7.29. The lowest BCUT2D eigenvalue weighted by atomic mass is 9.96. The lowest BCUT2D eigenvalue weighted by Crippen LogP contribution is -2.31. The summed E-state index contributed by atoms with van der Waals surface area (Å²) in [6, 6.07) is 7.68. The summed E-state index contributed by atoms with van der Waals surface area (Å²) < 4.78 is 76.9. The summed E-state index contributed by atoms with van der Waals surface area (Å²) in [5, 5.41) is 0.221. The lowest BCUT2D eigenvalue weighted by Gasteiger charge is -2.18. The molecule has 0 aliphatic rings. The Kier molecular flexibility index (Phi) is 7.88. The highest BCUT2D eigenvalue weighted by atomic mass is 35.5. The number of halogens is 8. The van der Waals surface area contributed by atoms with Crippen LogP contribution in [-0.2, 0) is 4.79 Å². The first-order chi connectivity index (χ1) is 14.3. The summed E-state index contributed by atoms with van der Waals surface area (Å²) in [5.74, 6) is -3.36. The van der Waals surface area contributed by atoms with Gasteiger partial charge in [0.2, 0.25) is 0 Å². The van der Waals surface area contributed by atoms with Crippen molar-refractivity contribution in [2.45, 2.75) is 31.6 Å². The van der Waals surface area contributed by atoms with E-state index in [0.29, 0.717) is 11.1 Å². The molecule has 0 aromatic heterocycles. The van der Waals surface area contributed by atoms with Crippen molar-refractivity contribution in [1.82, 2.24) is 5.48 Å². The highest BCUT2D eigenvalue weighted by molar-refractivity contribution is 6.36. The third-order valence-corrected chi connectivity index (χ3v) is 4.81. The maximum Gasteiger partial charge on any atom is 0.399 e. The Labute approximate surface area is 183 Å². The van der Waals surface area contributed by atoms with E-state index in [1.165, 1.54) is 42.5 Å². The predicted molar refractivity (Wildman–Crippen MR) is 105 cm³/mol. The minimum absolute atomic E-state index is 0.00264. The van der Waals surface area contributed by atoms with Crippen LogP contribution in [0.15, 0.2) is 42.5 Å². The van der Waals surface area contributed by atoms with Crippen LogP contribution in [0.5, 0.6) is 5.75 Å². The van der Waals surface area contributed by atoms with E-state index in [2.05, 4.69) is 0 Å². The van der Waals surface area contributed by atoms with Crippen LogP contribution in [0.3, 0.4) is 0 Å². The highest BCUT2D eigenvalue weighted by Gasteiger charge is 2.39. The zero-order valence-corrected chi connectivity index (χ0v) is 17.3. The molecule has 0 saturated heterocycles. The summed E-state index contributed by atoms with van der Waals surface area (Å²) in [4.78, 5) is 15.8. The fourth-order valence-corrected chi connectivity index (χ4v) is 2.95. The number of carbonyl (C=O) groups excluding carboxylic acids is 1. The van der Waals surface area contributed by atoms with Crippen LogP contribution in [-0.4, -0.2) is 18.3 Å². The Hall–Kier alpha value is -2.39. The first-order valence-electron chi connectivity index (χ1n) is 8.59. The number of amides is 1. The summed E-state index contributed by atoms with van der Waals surface area (Å²) in [6.45, 7) is 1.59. The number of alkyl halides is 6. The molecule has 2 aromatic rings. The second-order valence-electron chi connectivity index (χ2n) is 6.48. The third kappa shape index (κ3) is 7.66. The maximum atomic E-state index is 13.6. The van der Waals surface area contributed by atoms with E-state index in [-0.39, 0.29) is 21.4 Å². The standard InChI is InChI=1S/C20H15Cl2F6NO2/c1-11-16(21)8-13(9-17(11)22)15(20(26,27)28)7-4-12-2-5-14(6-3-12)31-29-18(30)10-19(23,24)25/h2-9,15H,10H2,1H3,(H,29,30)/b7-4+. The van der Waals surface area contributed by atoms with E-state index < -0.39 is 30.6 Å². The van der Waals surface area contributed by atoms with Gasteiger partial charge in [0.25, 0.3) is 5.91 Å². The number of allylic oxidation sites excluding steroid dienone is 1. The average Bonchev–Trinajstić information content (AvgIpc) is 2.63. The number of rotatable bonds is 6. The molecule has 0 aliphatic heterocycles. The smallest absolute Gasteiger partial charge is 0.380 e. The molecule has 1 atom stereocenters. The molecule has 0 bridgehead atoms. The van der Waals surface area contributed by atoms with Gasteiger partial charge in [0.15, 0.2) is 5.75 Å². The number of hydrogen-bond acceptors (Lipinski definition) is 2. The first-order valence-corrected chi connectivity index (χ1v) is 9.35. The normalized spacial score (nSPS) is 13.3. The van der Waals surface area contributed by atoms with Crippen molar-refractivity contribution in [3.63, 3.8) is 0 Å². The van der Waals surface area contributed by atoms with Crippen LogP contribution >= 0.6 is 23.2 Å². The van der Waals surface area contributed by atoms with Gasteiger partial charge in [0.05, 0.1) is 5.92 Å². The summed E-state index contributed by atoms with van der Waals surface area (Å²) >= 11 is 11.9. The van der Waals surface area contributed by atoms with Gasteiger partial charge in [-0.25, -0.2) is 0 Å². The van der Waals surface area contributed by atoms with Crippen molar-refractivity contribution in [1.29, 1.82) is 0 Å². The van der Waals surface area contributed by atoms with Gasteiger partial charge < -0.3 is 4.84 Å². The Bertz CT molecular complexity index is 933. The average molecular weight is 486 g/mol. The maximum absolute atomic E-state index is 13.6. The summed E-state index contributed by atoms with van der Waals surface area (Å²) in [7, 11) is 0. The van der Waals surface area contributed by atoms with Gasteiger partial charge in [0.1, 0.15) is 6.42 Å². The van der Waals surface area contributed by atoms with Crippen molar-refractivity contribution in [2.75, 3.05) is 0 Å². The van der Waals surface area contributed by atoms with Crippen molar-refractivity contribution in [3.8, 4) is 5.75 Å². The molecule has 31 heavy (non-hydrogen) atoms. The molecule has 0 aliphatic carbocycles. The predicted octanol–water partition coefficient (Wildman–Crippen LogP) is 7.02. The summed E-state index contributed by atoms with van der Waals surface area (Å²) in [5.41, 5.74) is 2.32. The number of hydrogen-bond donors (Lipinski definition) is 1. The van der Waals surface area contributed by atoms with Crippen molar-refractivity contribution >= 4 is 35.2 Å². The largest absolute Gasteiger partial charge is 0.399 e. The number of benzene rings is 2. The van der Waals surface area contributed by atoms with Crippen molar-refractivity contribution in [2.24, 2.45) is 0 Å². The molecule has 168 valence electrons. The molecule has 11 heteroatoms. The summed E-state index contributed by atoms with van der Waals surface area (Å²) in [6.07, 6.45) is -8.85. The van der Waals surface area contributed by atoms with Crippen LogP contribution in [0, 0.1) is 6.92 Å². The fraction of sp³-hybridized carbons (Fsp3) is 0.250. The van der Waals surface area contributed by atoms with Gasteiger partial charge in [-0.15, -0.1) is 0 Å². The molecule has 1 N–H and O–H groups in total. The van der Waals surface area contributed by atoms with Gasteiger partial charge in [-0.1, -0.05) is 47.5 Å². The van der Waals surface area contributed by atoms with E-state index in [4.69, 9.17) is 28.0 Å². The zero-order chi connectivity index (χ0) is 23.4. The third-order valence-electron chi connectivity index (χ3n) is 4.02. The van der Waals surface area contributed by atoms with E-state index in [1.807, 2.05) is 0 Å². The number of hydroxylamine groups is 1. The van der Waals surface area contributed by atoms with Crippen LogP contribution in [0.2, 0.25) is 10.0 Å². The van der Waals surface area contributed by atoms with Gasteiger partial charge in [-0.3, -0.25) is 4.79 Å². The van der Waals surface area contributed by atoms with Crippen molar-refractivity contribution in [3.05, 3.63) is 69.2 Å². The zero-order valence-electron chi connectivity index (χ0n) is 15.7. The molecular formula is C20H15Cl2F6NO2. The van der Waals surface area contributed by atoms with E-state index in [9.17, 15) is 31.1 Å². The first kappa shape index (κ1) is 24.9. The van der Waals surface area contributed by atoms with Crippen LogP contribution in [0.1, 0.15) is 29.0 Å². The molecule has 3 nitrogen and oxygen atoms in total. The van der Waals surface area contributed by atoms with Crippen LogP contribution in [0.4, 0.5) is 26.3 Å². The Balaban J connectivity index is 2.12. The van der Waals surface area contributed by atoms with Gasteiger partial charge in [-0.05, 0) is 47.9 Å². The van der Waals surface area contributed by atoms with Gasteiger partial charge in [0, 0.05) is 10.0 Å². The fourth-order valence-electron chi connectivity index (χ4n) is 2.44. The van der Waals surface area contributed by atoms with Crippen LogP contribution in [0.25, 0.3) is 6.08 Å². The highest BCUT2D eigenvalue weighted by Crippen LogP contribution is 2.39. The molecule has 2 aromatic carbocycles. The second kappa shape index (κ2) is 9.82.